The third kappa shape index (κ3) is 3.29. The first kappa shape index (κ1) is 12.6. The summed E-state index contributed by atoms with van der Waals surface area (Å²) in [6.07, 6.45) is 2.72. The second-order valence-corrected chi connectivity index (χ2v) is 6.81. The quantitative estimate of drug-likeness (QED) is 0.899. The second-order valence-electron chi connectivity index (χ2n) is 4.26. The fraction of sp³-hybridized carbons (Fsp3) is 0.667. The molecule has 1 aromatic rings. The van der Waals surface area contributed by atoms with E-state index in [1.54, 1.807) is 0 Å². The zero-order chi connectivity index (χ0) is 11.4. The Morgan fingerprint density at radius 2 is 2.44 bits per heavy atom. The van der Waals surface area contributed by atoms with Crippen LogP contribution in [0.3, 0.4) is 0 Å². The summed E-state index contributed by atoms with van der Waals surface area (Å²) in [5.74, 6) is 0. The van der Waals surface area contributed by atoms with Crippen LogP contribution in [0.2, 0.25) is 0 Å². The van der Waals surface area contributed by atoms with E-state index in [4.69, 9.17) is 0 Å². The molecule has 2 heterocycles. The molecule has 1 atom stereocenters. The van der Waals surface area contributed by atoms with Gasteiger partial charge in [-0.1, -0.05) is 6.92 Å². The van der Waals surface area contributed by atoms with E-state index in [1.807, 2.05) is 11.3 Å². The van der Waals surface area contributed by atoms with Crippen molar-refractivity contribution in [1.82, 2.24) is 10.2 Å². The van der Waals surface area contributed by atoms with Gasteiger partial charge in [-0.2, -0.15) is 0 Å². The third-order valence-corrected chi connectivity index (χ3v) is 4.84. The third-order valence-electron chi connectivity index (χ3n) is 3.21. The maximum Gasteiger partial charge on any atom is 0.0701 e. The molecule has 1 aliphatic rings. The van der Waals surface area contributed by atoms with E-state index in [0.717, 1.165) is 19.1 Å². The van der Waals surface area contributed by atoms with Crippen LogP contribution in [0.1, 0.15) is 24.6 Å². The highest BCUT2D eigenvalue weighted by Gasteiger charge is 2.21. The Bertz CT molecular complexity index is 327. The van der Waals surface area contributed by atoms with Crippen molar-refractivity contribution in [2.75, 3.05) is 19.6 Å². The number of nitrogens with one attached hydrogen (secondary N) is 1. The highest BCUT2D eigenvalue weighted by molar-refractivity contribution is 9.11. The largest absolute Gasteiger partial charge is 0.310 e. The van der Waals surface area contributed by atoms with Gasteiger partial charge >= 0.3 is 0 Å². The average Bonchev–Trinajstić information content (AvgIpc) is 2.87. The fourth-order valence-corrected chi connectivity index (χ4v) is 3.80. The summed E-state index contributed by atoms with van der Waals surface area (Å²) in [6, 6.07) is 5.07. The molecule has 0 radical (unpaired) electrons. The predicted octanol–water partition coefficient (Wildman–Crippen LogP) is 3.08. The predicted molar refractivity (Wildman–Crippen MR) is 74.0 cm³/mol. The molecule has 1 aromatic heterocycles. The Balaban J connectivity index is 1.71. The maximum absolute atomic E-state index is 3.57. The second kappa shape index (κ2) is 6.15. The highest BCUT2D eigenvalue weighted by Crippen LogP contribution is 2.22. The number of nitrogens with zero attached hydrogens (tertiary/aromatic N) is 1. The smallest absolute Gasteiger partial charge is 0.0701 e. The topological polar surface area (TPSA) is 15.3 Å². The van der Waals surface area contributed by atoms with Gasteiger partial charge in [-0.25, -0.2) is 0 Å². The van der Waals surface area contributed by atoms with Crippen LogP contribution in [0.4, 0.5) is 0 Å². The molecule has 1 N–H and O–H groups in total. The van der Waals surface area contributed by atoms with Crippen LogP contribution in [0.25, 0.3) is 0 Å². The number of hydrogen-bond acceptors (Lipinski definition) is 3. The molecule has 1 unspecified atom stereocenters. The van der Waals surface area contributed by atoms with E-state index in [-0.39, 0.29) is 0 Å². The number of halogens is 1. The van der Waals surface area contributed by atoms with E-state index < -0.39 is 0 Å². The van der Waals surface area contributed by atoms with Crippen molar-refractivity contribution in [3.63, 3.8) is 0 Å². The number of likely N-dealkylation sites (N-methyl/N-ethyl adjacent to an activating group) is 1. The summed E-state index contributed by atoms with van der Waals surface area (Å²) in [4.78, 5) is 3.99. The molecule has 2 nitrogen and oxygen atoms in total. The van der Waals surface area contributed by atoms with Gasteiger partial charge in [-0.15, -0.1) is 11.3 Å². The lowest BCUT2D eigenvalue weighted by atomic mass is 10.2. The zero-order valence-electron chi connectivity index (χ0n) is 9.71. The minimum Gasteiger partial charge on any atom is -0.310 e. The Morgan fingerprint density at radius 1 is 1.56 bits per heavy atom. The van der Waals surface area contributed by atoms with E-state index in [2.05, 4.69) is 45.2 Å². The zero-order valence-corrected chi connectivity index (χ0v) is 12.1. The normalized spacial score (nSPS) is 21.8. The molecular formula is C12H19BrN2S. The van der Waals surface area contributed by atoms with E-state index in [9.17, 15) is 0 Å². The standard InChI is InChI=1S/C12H19BrN2S/c1-2-15-7-3-4-10(15)8-14-9-11-5-6-12(13)16-11/h5-6,10,14H,2-4,7-9H2,1H3. The lowest BCUT2D eigenvalue weighted by Gasteiger charge is -2.22. The van der Waals surface area contributed by atoms with Crippen molar-refractivity contribution in [2.45, 2.75) is 32.4 Å². The van der Waals surface area contributed by atoms with Crippen LogP contribution in [0, 0.1) is 0 Å². The summed E-state index contributed by atoms with van der Waals surface area (Å²) in [5, 5.41) is 3.57. The Labute approximate surface area is 110 Å². The van der Waals surface area contributed by atoms with Crippen molar-refractivity contribution < 1.29 is 0 Å². The van der Waals surface area contributed by atoms with E-state index in [1.165, 1.54) is 34.6 Å². The van der Waals surface area contributed by atoms with Crippen molar-refractivity contribution in [2.24, 2.45) is 0 Å². The molecular weight excluding hydrogens is 284 g/mol. The van der Waals surface area contributed by atoms with Crippen LogP contribution < -0.4 is 5.32 Å². The lowest BCUT2D eigenvalue weighted by molar-refractivity contribution is 0.260. The van der Waals surface area contributed by atoms with Crippen LogP contribution in [-0.2, 0) is 6.54 Å². The van der Waals surface area contributed by atoms with Gasteiger partial charge < -0.3 is 5.32 Å². The molecule has 16 heavy (non-hydrogen) atoms. The Morgan fingerprint density at radius 3 is 3.12 bits per heavy atom. The molecule has 1 aliphatic heterocycles. The summed E-state index contributed by atoms with van der Waals surface area (Å²) in [7, 11) is 0. The van der Waals surface area contributed by atoms with Gasteiger partial charge in [0.25, 0.3) is 0 Å². The molecule has 0 aliphatic carbocycles. The molecule has 0 spiro atoms. The highest BCUT2D eigenvalue weighted by atomic mass is 79.9. The molecule has 1 fully saturated rings. The first-order valence-electron chi connectivity index (χ1n) is 5.98. The number of rotatable bonds is 5. The molecule has 2 rings (SSSR count). The summed E-state index contributed by atoms with van der Waals surface area (Å²) >= 11 is 5.31. The minimum atomic E-state index is 0.758. The Kier molecular flexibility index (Phi) is 4.82. The number of hydrogen-bond donors (Lipinski definition) is 1. The van der Waals surface area contributed by atoms with Crippen molar-refractivity contribution in [3.05, 3.63) is 20.8 Å². The van der Waals surface area contributed by atoms with Gasteiger partial charge in [0.15, 0.2) is 0 Å². The van der Waals surface area contributed by atoms with E-state index >= 15 is 0 Å². The molecule has 90 valence electrons. The van der Waals surface area contributed by atoms with Gasteiger partial charge in [0, 0.05) is 24.0 Å². The maximum atomic E-state index is 3.57. The van der Waals surface area contributed by atoms with Crippen LogP contribution in [0.5, 0.6) is 0 Å². The molecule has 4 heteroatoms. The molecule has 1 saturated heterocycles. The summed E-state index contributed by atoms with van der Waals surface area (Å²) in [6.45, 7) is 6.87. The fourth-order valence-electron chi connectivity index (χ4n) is 2.35. The number of thiophene rings is 1. The van der Waals surface area contributed by atoms with Crippen LogP contribution in [0.15, 0.2) is 15.9 Å². The molecule has 0 bridgehead atoms. The van der Waals surface area contributed by atoms with Gasteiger partial charge in [-0.3, -0.25) is 4.90 Å². The lowest BCUT2D eigenvalue weighted by Crippen LogP contribution is -2.37. The first-order chi connectivity index (χ1) is 7.79. The Hall–Kier alpha value is 0.1000. The van der Waals surface area contributed by atoms with Crippen LogP contribution in [-0.4, -0.2) is 30.6 Å². The minimum absolute atomic E-state index is 0.758. The first-order valence-corrected chi connectivity index (χ1v) is 7.59. The SMILES string of the molecule is CCN1CCCC1CNCc1ccc(Br)s1. The van der Waals surface area contributed by atoms with Crippen LogP contribution >= 0.6 is 27.3 Å². The van der Waals surface area contributed by atoms with Crippen molar-refractivity contribution in [3.8, 4) is 0 Å². The van der Waals surface area contributed by atoms with Gasteiger partial charge in [0.2, 0.25) is 0 Å². The van der Waals surface area contributed by atoms with E-state index in [0.29, 0.717) is 0 Å². The van der Waals surface area contributed by atoms with Crippen molar-refractivity contribution in [1.29, 1.82) is 0 Å². The summed E-state index contributed by atoms with van der Waals surface area (Å²) in [5.41, 5.74) is 0. The van der Waals surface area contributed by atoms with Gasteiger partial charge in [0.1, 0.15) is 0 Å². The van der Waals surface area contributed by atoms with Gasteiger partial charge in [0.05, 0.1) is 3.79 Å². The van der Waals surface area contributed by atoms with Gasteiger partial charge in [-0.05, 0) is 54.0 Å². The molecule has 0 amide bonds. The summed E-state index contributed by atoms with van der Waals surface area (Å²) < 4.78 is 1.22. The monoisotopic (exact) mass is 302 g/mol. The van der Waals surface area contributed by atoms with Crippen molar-refractivity contribution >= 4 is 27.3 Å². The number of likely N-dealkylation sites (tertiary alicyclic amines) is 1. The average molecular weight is 303 g/mol. The molecule has 0 saturated carbocycles. The molecule has 0 aromatic carbocycles.